The van der Waals surface area contributed by atoms with Gasteiger partial charge in [-0.1, -0.05) is 26.8 Å². The van der Waals surface area contributed by atoms with E-state index in [4.69, 9.17) is 5.84 Å². The zero-order chi connectivity index (χ0) is 15.7. The van der Waals surface area contributed by atoms with Crippen LogP contribution in [0.1, 0.15) is 26.6 Å². The Balaban J connectivity index is 1.88. The van der Waals surface area contributed by atoms with Crippen molar-refractivity contribution in [2.75, 3.05) is 5.84 Å². The van der Waals surface area contributed by atoms with Gasteiger partial charge < -0.3 is 5.84 Å². The summed E-state index contributed by atoms with van der Waals surface area (Å²) in [5.74, 6) is 7.55. The highest BCUT2D eigenvalue weighted by Crippen LogP contribution is 2.29. The van der Waals surface area contributed by atoms with E-state index in [0.717, 1.165) is 15.7 Å². The normalized spacial score (nSPS) is 11.8. The summed E-state index contributed by atoms with van der Waals surface area (Å²) in [7, 11) is 0. The molecule has 0 bridgehead atoms. The molecule has 0 unspecified atom stereocenters. The first-order valence-corrected chi connectivity index (χ1v) is 8.40. The molecule has 0 amide bonds. The maximum atomic E-state index is 6.10. The summed E-state index contributed by atoms with van der Waals surface area (Å²) in [6.45, 7) is 6.24. The third kappa shape index (κ3) is 2.97. The molecule has 0 saturated carbocycles. The first-order valence-electron chi connectivity index (χ1n) is 6.71. The van der Waals surface area contributed by atoms with Crippen molar-refractivity contribution in [3.8, 4) is 10.7 Å². The molecule has 3 aromatic rings. The van der Waals surface area contributed by atoms with E-state index < -0.39 is 0 Å². The van der Waals surface area contributed by atoms with Gasteiger partial charge in [-0.05, 0) is 29.3 Å². The largest absolute Gasteiger partial charge is 0.335 e. The van der Waals surface area contributed by atoms with E-state index in [0.29, 0.717) is 11.0 Å². The van der Waals surface area contributed by atoms with Crippen LogP contribution in [-0.4, -0.2) is 24.8 Å². The van der Waals surface area contributed by atoms with Gasteiger partial charge in [0.05, 0.1) is 4.88 Å². The Kier molecular flexibility index (Phi) is 3.88. The molecule has 22 heavy (non-hydrogen) atoms. The lowest BCUT2D eigenvalue weighted by molar-refractivity contribution is 0.538. The molecule has 0 aliphatic rings. The molecule has 0 aromatic carbocycles. The van der Waals surface area contributed by atoms with Crippen LogP contribution >= 0.6 is 23.1 Å². The fourth-order valence-electron chi connectivity index (χ4n) is 1.77. The second-order valence-electron chi connectivity index (χ2n) is 5.72. The predicted molar refractivity (Wildman–Crippen MR) is 88.3 cm³/mol. The molecule has 6 nitrogen and oxygen atoms in total. The number of aromatic nitrogens is 5. The third-order valence-electron chi connectivity index (χ3n) is 2.90. The zero-order valence-electron chi connectivity index (χ0n) is 12.5. The minimum Gasteiger partial charge on any atom is -0.335 e. The van der Waals surface area contributed by atoms with Crippen molar-refractivity contribution in [1.82, 2.24) is 24.8 Å². The van der Waals surface area contributed by atoms with Gasteiger partial charge in [0.2, 0.25) is 5.16 Å². The van der Waals surface area contributed by atoms with Crippen LogP contribution in [0.15, 0.2) is 40.0 Å². The second kappa shape index (κ2) is 5.69. The lowest BCUT2D eigenvalue weighted by Crippen LogP contribution is -2.16. The maximum Gasteiger partial charge on any atom is 0.216 e. The summed E-state index contributed by atoms with van der Waals surface area (Å²) in [5.41, 5.74) is -0.102. The van der Waals surface area contributed by atoms with E-state index >= 15 is 0 Å². The van der Waals surface area contributed by atoms with Crippen LogP contribution in [0.2, 0.25) is 0 Å². The third-order valence-corrected chi connectivity index (χ3v) is 4.67. The Bertz CT molecular complexity index is 773. The van der Waals surface area contributed by atoms with Gasteiger partial charge in [-0.2, -0.15) is 0 Å². The van der Waals surface area contributed by atoms with E-state index in [1.54, 1.807) is 17.5 Å². The average molecular weight is 332 g/mol. The highest BCUT2D eigenvalue weighted by atomic mass is 32.2. The fraction of sp³-hybridized carbons (Fsp3) is 0.286. The van der Waals surface area contributed by atoms with Gasteiger partial charge in [0.15, 0.2) is 5.82 Å². The first kappa shape index (κ1) is 15.0. The van der Waals surface area contributed by atoms with Gasteiger partial charge in [-0.25, -0.2) is 14.6 Å². The number of nitrogens with zero attached hydrogens (tertiary/aromatic N) is 5. The number of hydrogen-bond acceptors (Lipinski definition) is 7. The van der Waals surface area contributed by atoms with Crippen LogP contribution in [0.3, 0.4) is 0 Å². The van der Waals surface area contributed by atoms with Crippen molar-refractivity contribution in [3.63, 3.8) is 0 Å². The lowest BCUT2D eigenvalue weighted by Gasteiger charge is -2.16. The summed E-state index contributed by atoms with van der Waals surface area (Å²) < 4.78 is 1.50. The van der Waals surface area contributed by atoms with Crippen LogP contribution < -0.4 is 5.84 Å². The Morgan fingerprint density at radius 2 is 2.05 bits per heavy atom. The van der Waals surface area contributed by atoms with Gasteiger partial charge in [-0.15, -0.1) is 21.5 Å². The van der Waals surface area contributed by atoms with Crippen molar-refractivity contribution in [1.29, 1.82) is 0 Å². The molecule has 0 spiro atoms. The highest BCUT2D eigenvalue weighted by Gasteiger charge is 2.19. The summed E-state index contributed by atoms with van der Waals surface area (Å²) in [5, 5.41) is 11.7. The maximum absolute atomic E-state index is 6.10. The molecule has 0 atom stereocenters. The minimum atomic E-state index is -0.102. The molecule has 0 radical (unpaired) electrons. The Morgan fingerprint density at radius 3 is 2.73 bits per heavy atom. The molecule has 0 fully saturated rings. The Labute approximate surface area is 136 Å². The summed E-state index contributed by atoms with van der Waals surface area (Å²) in [4.78, 5) is 9.88. The minimum absolute atomic E-state index is 0.102. The zero-order valence-corrected chi connectivity index (χ0v) is 14.1. The van der Waals surface area contributed by atoms with Gasteiger partial charge >= 0.3 is 0 Å². The first-order chi connectivity index (χ1) is 10.4. The summed E-state index contributed by atoms with van der Waals surface area (Å²) in [6, 6.07) is 5.77. The molecule has 3 rings (SSSR count). The smallest absolute Gasteiger partial charge is 0.216 e. The van der Waals surface area contributed by atoms with Crippen LogP contribution in [0.4, 0.5) is 0 Å². The number of thiophene rings is 1. The predicted octanol–water partition coefficient (Wildman–Crippen LogP) is 2.96. The fourth-order valence-corrected chi connectivity index (χ4v) is 3.19. The summed E-state index contributed by atoms with van der Waals surface area (Å²) >= 11 is 2.96. The standard InChI is InChI=1S/C14H16N6S2/c1-14(2,3)12-16-7-6-10(17-12)22-13-19-18-11(20(13)15)9-5-4-8-21-9/h4-8H,15H2,1-3H3. The Morgan fingerprint density at radius 1 is 1.23 bits per heavy atom. The number of nitrogen functional groups attached to an aromatic ring is 1. The van der Waals surface area contributed by atoms with Crippen molar-refractivity contribution in [2.45, 2.75) is 36.4 Å². The lowest BCUT2D eigenvalue weighted by atomic mass is 9.96. The van der Waals surface area contributed by atoms with Crippen molar-refractivity contribution >= 4 is 23.1 Å². The van der Waals surface area contributed by atoms with E-state index in [9.17, 15) is 0 Å². The topological polar surface area (TPSA) is 82.5 Å². The monoisotopic (exact) mass is 332 g/mol. The average Bonchev–Trinajstić information content (AvgIpc) is 3.09. The number of hydrogen-bond donors (Lipinski definition) is 1. The van der Waals surface area contributed by atoms with Crippen LogP contribution in [0.25, 0.3) is 10.7 Å². The number of nitrogens with two attached hydrogens (primary N) is 1. The molecule has 3 heterocycles. The van der Waals surface area contributed by atoms with Gasteiger partial charge in [0.1, 0.15) is 10.9 Å². The molecule has 0 aliphatic heterocycles. The van der Waals surface area contributed by atoms with Gasteiger partial charge in [0, 0.05) is 11.6 Å². The van der Waals surface area contributed by atoms with Gasteiger partial charge in [0.25, 0.3) is 0 Å². The molecular formula is C14H16N6S2. The summed E-state index contributed by atoms with van der Waals surface area (Å²) in [6.07, 6.45) is 1.76. The van der Waals surface area contributed by atoms with Gasteiger partial charge in [-0.3, -0.25) is 0 Å². The quantitative estimate of drug-likeness (QED) is 0.586. The second-order valence-corrected chi connectivity index (χ2v) is 7.66. The molecular weight excluding hydrogens is 316 g/mol. The number of rotatable bonds is 3. The van der Waals surface area contributed by atoms with Crippen LogP contribution in [0, 0.1) is 0 Å². The van der Waals surface area contributed by atoms with E-state index in [1.807, 2.05) is 23.6 Å². The SMILES string of the molecule is CC(C)(C)c1nccc(Sc2nnc(-c3cccs3)n2N)n1. The molecule has 0 saturated heterocycles. The van der Waals surface area contributed by atoms with E-state index in [-0.39, 0.29) is 5.41 Å². The van der Waals surface area contributed by atoms with Crippen molar-refractivity contribution in [3.05, 3.63) is 35.6 Å². The van der Waals surface area contributed by atoms with Crippen molar-refractivity contribution in [2.24, 2.45) is 0 Å². The van der Waals surface area contributed by atoms with Crippen molar-refractivity contribution < 1.29 is 0 Å². The molecule has 114 valence electrons. The van der Waals surface area contributed by atoms with Crippen LogP contribution in [0.5, 0.6) is 0 Å². The molecule has 2 N–H and O–H groups in total. The molecule has 3 aromatic heterocycles. The molecule has 8 heteroatoms. The van der Waals surface area contributed by atoms with E-state index in [1.165, 1.54) is 16.4 Å². The highest BCUT2D eigenvalue weighted by molar-refractivity contribution is 7.99. The Hall–Kier alpha value is -1.93. The van der Waals surface area contributed by atoms with E-state index in [2.05, 4.69) is 40.9 Å². The molecule has 0 aliphatic carbocycles. The van der Waals surface area contributed by atoms with Crippen LogP contribution in [-0.2, 0) is 5.41 Å².